The summed E-state index contributed by atoms with van der Waals surface area (Å²) in [4.78, 5) is 10.8. The first-order chi connectivity index (χ1) is 8.58. The average Bonchev–Trinajstić information content (AvgIpc) is 2.92. The summed E-state index contributed by atoms with van der Waals surface area (Å²) >= 11 is 0. The van der Waals surface area contributed by atoms with Gasteiger partial charge in [0.1, 0.15) is 5.69 Å². The number of aromatic carboxylic acids is 1. The fraction of sp³-hybridized carbons (Fsp3) is 0.385. The number of aryl methyl sites for hydroxylation is 1. The predicted octanol–water partition coefficient (Wildman–Crippen LogP) is 2.53. The largest absolute Gasteiger partial charge is 0.477 e. The van der Waals surface area contributed by atoms with Gasteiger partial charge in [0.25, 0.3) is 0 Å². The summed E-state index contributed by atoms with van der Waals surface area (Å²) in [5, 5.41) is 15.5. The average molecular weight is 245 g/mol. The number of rotatable bonds is 3. The van der Waals surface area contributed by atoms with E-state index in [4.69, 9.17) is 5.11 Å². The number of aromatic nitrogens is 3. The molecule has 0 radical (unpaired) electrons. The zero-order chi connectivity index (χ0) is 12.9. The Morgan fingerprint density at radius 1 is 1.44 bits per heavy atom. The first-order valence-electron chi connectivity index (χ1n) is 6.05. The number of H-pyrrole nitrogens is 1. The molecule has 0 bridgehead atoms. The predicted molar refractivity (Wildman–Crippen MR) is 66.7 cm³/mol. The lowest BCUT2D eigenvalue weighted by Crippen LogP contribution is -1.98. The number of hydrogen-bond acceptors (Lipinski definition) is 2. The first-order valence-corrected chi connectivity index (χ1v) is 6.05. The van der Waals surface area contributed by atoms with Crippen LogP contribution in [0.3, 0.4) is 0 Å². The normalized spacial score (nSPS) is 15.0. The summed E-state index contributed by atoms with van der Waals surface area (Å²) in [6, 6.07) is 4.29. The topological polar surface area (TPSA) is 70.9 Å². The van der Waals surface area contributed by atoms with Crippen molar-refractivity contribution >= 4 is 5.97 Å². The molecule has 0 aromatic carbocycles. The van der Waals surface area contributed by atoms with Gasteiger partial charge in [-0.15, -0.1) is 0 Å². The van der Waals surface area contributed by atoms with Crippen molar-refractivity contribution in [3.8, 4) is 11.3 Å². The molecule has 2 aromatic heterocycles. The molecule has 5 nitrogen and oxygen atoms in total. The minimum Gasteiger partial charge on any atom is -0.477 e. The number of nitrogens with one attached hydrogen (secondary N) is 1. The van der Waals surface area contributed by atoms with Crippen LogP contribution in [0.15, 0.2) is 12.1 Å². The lowest BCUT2D eigenvalue weighted by molar-refractivity contribution is 0.0690. The van der Waals surface area contributed by atoms with Crippen molar-refractivity contribution in [1.82, 2.24) is 14.8 Å². The quantitative estimate of drug-likeness (QED) is 0.872. The van der Waals surface area contributed by atoms with E-state index in [0.717, 1.165) is 5.56 Å². The number of nitrogens with zero attached hydrogens (tertiary/aromatic N) is 2. The Labute approximate surface area is 104 Å². The van der Waals surface area contributed by atoms with Crippen molar-refractivity contribution in [3.63, 3.8) is 0 Å². The van der Waals surface area contributed by atoms with Gasteiger partial charge in [-0.3, -0.25) is 5.10 Å². The molecule has 2 heterocycles. The van der Waals surface area contributed by atoms with Gasteiger partial charge in [0.15, 0.2) is 0 Å². The molecule has 0 aliphatic heterocycles. The SMILES string of the molecule is Cc1cc(-c2cc(C(=O)O)[nH]n2)c(C)n1C1CC1. The number of aromatic amines is 1. The number of carbonyl (C=O) groups is 1. The van der Waals surface area contributed by atoms with Gasteiger partial charge in [-0.2, -0.15) is 5.10 Å². The Bertz CT molecular complexity index is 620. The Hall–Kier alpha value is -2.04. The molecule has 0 amide bonds. The van der Waals surface area contributed by atoms with Crippen LogP contribution in [-0.2, 0) is 0 Å². The van der Waals surface area contributed by atoms with E-state index in [1.54, 1.807) is 6.07 Å². The maximum absolute atomic E-state index is 10.8. The number of carboxylic acid groups (broad SMARTS) is 1. The second-order valence-corrected chi connectivity index (χ2v) is 4.86. The zero-order valence-corrected chi connectivity index (χ0v) is 10.4. The summed E-state index contributed by atoms with van der Waals surface area (Å²) in [5.74, 6) is -0.982. The van der Waals surface area contributed by atoms with Crippen LogP contribution >= 0.6 is 0 Å². The molecule has 94 valence electrons. The molecular weight excluding hydrogens is 230 g/mol. The van der Waals surface area contributed by atoms with E-state index in [1.165, 1.54) is 24.2 Å². The van der Waals surface area contributed by atoms with Gasteiger partial charge in [0.05, 0.1) is 5.69 Å². The van der Waals surface area contributed by atoms with E-state index in [0.29, 0.717) is 11.7 Å². The Morgan fingerprint density at radius 3 is 2.72 bits per heavy atom. The fourth-order valence-corrected chi connectivity index (χ4v) is 2.50. The molecule has 1 saturated carbocycles. The molecule has 0 atom stereocenters. The molecule has 3 rings (SSSR count). The number of hydrogen-bond donors (Lipinski definition) is 2. The van der Waals surface area contributed by atoms with Crippen LogP contribution < -0.4 is 0 Å². The van der Waals surface area contributed by atoms with Crippen LogP contribution in [0.25, 0.3) is 11.3 Å². The molecule has 2 aromatic rings. The van der Waals surface area contributed by atoms with E-state index in [2.05, 4.69) is 34.7 Å². The Kier molecular flexibility index (Phi) is 2.29. The second kappa shape index (κ2) is 3.73. The molecule has 0 spiro atoms. The molecule has 5 heteroatoms. The second-order valence-electron chi connectivity index (χ2n) is 4.86. The maximum Gasteiger partial charge on any atom is 0.353 e. The third-order valence-electron chi connectivity index (χ3n) is 3.48. The molecular formula is C13H15N3O2. The molecule has 18 heavy (non-hydrogen) atoms. The van der Waals surface area contributed by atoms with Gasteiger partial charge in [-0.1, -0.05) is 0 Å². The third kappa shape index (κ3) is 1.63. The van der Waals surface area contributed by atoms with Gasteiger partial charge in [-0.05, 0) is 38.8 Å². The van der Waals surface area contributed by atoms with Crippen LogP contribution in [0, 0.1) is 13.8 Å². The lowest BCUT2D eigenvalue weighted by Gasteiger charge is -2.06. The van der Waals surface area contributed by atoms with Crippen LogP contribution in [0.2, 0.25) is 0 Å². The molecule has 1 fully saturated rings. The van der Waals surface area contributed by atoms with Gasteiger partial charge < -0.3 is 9.67 Å². The van der Waals surface area contributed by atoms with Crippen molar-refractivity contribution in [2.75, 3.05) is 0 Å². The summed E-state index contributed by atoms with van der Waals surface area (Å²) in [6.07, 6.45) is 2.47. The van der Waals surface area contributed by atoms with Gasteiger partial charge in [-0.25, -0.2) is 4.79 Å². The van der Waals surface area contributed by atoms with Crippen molar-refractivity contribution < 1.29 is 9.90 Å². The van der Waals surface area contributed by atoms with Crippen molar-refractivity contribution in [3.05, 3.63) is 29.2 Å². The van der Waals surface area contributed by atoms with Crippen LogP contribution in [0.1, 0.15) is 40.8 Å². The zero-order valence-electron chi connectivity index (χ0n) is 10.4. The highest BCUT2D eigenvalue weighted by Gasteiger charge is 2.27. The van der Waals surface area contributed by atoms with E-state index < -0.39 is 5.97 Å². The highest BCUT2D eigenvalue weighted by atomic mass is 16.4. The fourth-order valence-electron chi connectivity index (χ4n) is 2.50. The highest BCUT2D eigenvalue weighted by Crippen LogP contribution is 2.40. The van der Waals surface area contributed by atoms with E-state index in [9.17, 15) is 4.79 Å². The van der Waals surface area contributed by atoms with Crippen LogP contribution in [0.4, 0.5) is 0 Å². The van der Waals surface area contributed by atoms with Crippen molar-refractivity contribution in [2.24, 2.45) is 0 Å². The summed E-state index contributed by atoms with van der Waals surface area (Å²) in [5.41, 5.74) is 4.22. The third-order valence-corrected chi connectivity index (χ3v) is 3.48. The van der Waals surface area contributed by atoms with E-state index >= 15 is 0 Å². The minimum atomic E-state index is -0.982. The molecule has 0 saturated heterocycles. The van der Waals surface area contributed by atoms with Crippen LogP contribution in [0.5, 0.6) is 0 Å². The summed E-state index contributed by atoms with van der Waals surface area (Å²) < 4.78 is 2.32. The van der Waals surface area contributed by atoms with Crippen molar-refractivity contribution in [1.29, 1.82) is 0 Å². The summed E-state index contributed by atoms with van der Waals surface area (Å²) in [6.45, 7) is 4.15. The first kappa shape index (κ1) is 11.1. The molecule has 1 aliphatic carbocycles. The van der Waals surface area contributed by atoms with Gasteiger partial charge in [0, 0.05) is 23.0 Å². The van der Waals surface area contributed by atoms with E-state index in [1.807, 2.05) is 0 Å². The highest BCUT2D eigenvalue weighted by molar-refractivity contribution is 5.87. The van der Waals surface area contributed by atoms with Gasteiger partial charge >= 0.3 is 5.97 Å². The number of carboxylic acids is 1. The van der Waals surface area contributed by atoms with Crippen molar-refractivity contribution in [2.45, 2.75) is 32.7 Å². The summed E-state index contributed by atoms with van der Waals surface area (Å²) in [7, 11) is 0. The smallest absolute Gasteiger partial charge is 0.353 e. The molecule has 1 aliphatic rings. The monoisotopic (exact) mass is 245 g/mol. The van der Waals surface area contributed by atoms with E-state index in [-0.39, 0.29) is 5.69 Å². The Morgan fingerprint density at radius 2 is 2.17 bits per heavy atom. The lowest BCUT2D eigenvalue weighted by atomic mass is 10.1. The van der Waals surface area contributed by atoms with Crippen LogP contribution in [-0.4, -0.2) is 25.8 Å². The van der Waals surface area contributed by atoms with Gasteiger partial charge in [0.2, 0.25) is 0 Å². The molecule has 0 unspecified atom stereocenters. The standard InChI is InChI=1S/C13H15N3O2/c1-7-5-10(8(2)16(7)9-3-4-9)11-6-12(13(17)18)15-14-11/h5-6,9H,3-4H2,1-2H3,(H,14,15)(H,17,18). The Balaban J connectivity index is 2.05. The minimum absolute atomic E-state index is 0.126. The molecule has 2 N–H and O–H groups in total. The maximum atomic E-state index is 10.8.